The van der Waals surface area contributed by atoms with Crippen LogP contribution < -0.4 is 15.4 Å². The summed E-state index contributed by atoms with van der Waals surface area (Å²) in [4.78, 5) is 29.7. The average Bonchev–Trinajstić information content (AvgIpc) is 3.43. The van der Waals surface area contributed by atoms with Crippen LogP contribution in [0, 0.1) is 12.8 Å². The molecule has 212 valence electrons. The molecule has 3 heterocycles. The van der Waals surface area contributed by atoms with Gasteiger partial charge in [-0.2, -0.15) is 0 Å². The van der Waals surface area contributed by atoms with E-state index in [0.717, 1.165) is 57.7 Å². The zero-order valence-corrected chi connectivity index (χ0v) is 24.3. The highest BCUT2D eigenvalue weighted by atomic mass is 35.5. The molecule has 2 N–H and O–H groups in total. The van der Waals surface area contributed by atoms with Crippen molar-refractivity contribution in [3.8, 4) is 28.3 Å². The Morgan fingerprint density at radius 2 is 1.76 bits per heavy atom. The summed E-state index contributed by atoms with van der Waals surface area (Å²) < 4.78 is 5.65. The first-order valence-electron chi connectivity index (χ1n) is 14.0. The Hall–Kier alpha value is -4.40. The van der Waals surface area contributed by atoms with Gasteiger partial charge < -0.3 is 15.4 Å². The molecule has 1 aliphatic carbocycles. The van der Waals surface area contributed by atoms with Crippen LogP contribution in [0.5, 0.6) is 5.88 Å². The van der Waals surface area contributed by atoms with Crippen LogP contribution in [-0.4, -0.2) is 39.4 Å². The maximum atomic E-state index is 11.6. The highest BCUT2D eigenvalue weighted by molar-refractivity contribution is 6.36. The van der Waals surface area contributed by atoms with E-state index in [9.17, 15) is 4.79 Å². The molecular formula is C33H31ClN6O2. The summed E-state index contributed by atoms with van der Waals surface area (Å²) in [5, 5.41) is 7.51. The lowest BCUT2D eigenvalue weighted by Crippen LogP contribution is -2.21. The molecule has 8 nitrogen and oxygen atoms in total. The molecule has 0 amide bonds. The number of benzene rings is 2. The minimum absolute atomic E-state index is 0.361. The van der Waals surface area contributed by atoms with Gasteiger partial charge in [0.05, 0.1) is 23.3 Å². The fourth-order valence-corrected chi connectivity index (χ4v) is 5.85. The number of anilines is 2. The van der Waals surface area contributed by atoms with Crippen molar-refractivity contribution in [1.29, 1.82) is 0 Å². The van der Waals surface area contributed by atoms with Crippen molar-refractivity contribution >= 4 is 39.9 Å². The largest absolute Gasteiger partial charge is 0.481 e. The summed E-state index contributed by atoms with van der Waals surface area (Å²) in [5.41, 5.74) is 7.81. The smallest absolute Gasteiger partial charge is 0.218 e. The van der Waals surface area contributed by atoms with E-state index in [4.69, 9.17) is 21.3 Å². The molecule has 0 unspecified atom stereocenters. The van der Waals surface area contributed by atoms with Crippen LogP contribution in [0.25, 0.3) is 33.4 Å². The minimum atomic E-state index is 0.361. The van der Waals surface area contributed by atoms with Gasteiger partial charge >= 0.3 is 0 Å². The fraction of sp³-hybridized carbons (Fsp3) is 0.242. The summed E-state index contributed by atoms with van der Waals surface area (Å²) in [6.07, 6.45) is 7.38. The van der Waals surface area contributed by atoms with Gasteiger partial charge in [0, 0.05) is 60.4 Å². The first kappa shape index (κ1) is 27.8. The van der Waals surface area contributed by atoms with E-state index in [-0.39, 0.29) is 0 Å². The molecular weight excluding hydrogens is 548 g/mol. The van der Waals surface area contributed by atoms with Crippen LogP contribution in [0.3, 0.4) is 0 Å². The fourth-order valence-electron chi connectivity index (χ4n) is 5.52. The molecule has 5 aromatic rings. The first-order chi connectivity index (χ1) is 20.5. The summed E-state index contributed by atoms with van der Waals surface area (Å²) >= 11 is 7.07. The minimum Gasteiger partial charge on any atom is -0.481 e. The second kappa shape index (κ2) is 12.2. The van der Waals surface area contributed by atoms with Crippen molar-refractivity contribution in [3.05, 3.63) is 89.3 Å². The number of nitrogens with zero attached hydrogens (tertiary/aromatic N) is 4. The van der Waals surface area contributed by atoms with Crippen molar-refractivity contribution in [2.24, 2.45) is 5.92 Å². The van der Waals surface area contributed by atoms with Gasteiger partial charge in [-0.25, -0.2) is 15.0 Å². The van der Waals surface area contributed by atoms with Crippen molar-refractivity contribution in [1.82, 2.24) is 25.3 Å². The number of ether oxygens (including phenoxy) is 1. The molecule has 1 atom stereocenters. The van der Waals surface area contributed by atoms with Gasteiger partial charge in [0.1, 0.15) is 11.3 Å². The number of hydrogen-bond donors (Lipinski definition) is 2. The first-order valence-corrected chi connectivity index (χ1v) is 14.4. The molecule has 1 aliphatic rings. The van der Waals surface area contributed by atoms with E-state index in [1.165, 1.54) is 0 Å². The van der Waals surface area contributed by atoms with Gasteiger partial charge in [-0.1, -0.05) is 48.0 Å². The van der Waals surface area contributed by atoms with Crippen LogP contribution >= 0.6 is 11.6 Å². The number of nitrogens with one attached hydrogen (secondary N) is 2. The standard InChI is InChI=1S/C33H31ClN6O2/c1-20-24(5-4-8-27(20)39-32-31-29(13-14-38-32)36-15-16-37-31)25-6-3-7-26(30(25)34)28-12-10-22(33(40-28)42-2)19-35-18-21-9-11-23(41)17-21/h3-8,10,12-16,21,35H,9,11,17-19H2,1-2H3,(H,38,39)/t21-/m1/s1. The Bertz CT molecular complexity index is 1770. The van der Waals surface area contributed by atoms with Gasteiger partial charge in [0.15, 0.2) is 5.82 Å². The van der Waals surface area contributed by atoms with E-state index in [1.807, 2.05) is 48.5 Å². The van der Waals surface area contributed by atoms with Crippen LogP contribution in [-0.2, 0) is 11.3 Å². The van der Waals surface area contributed by atoms with Crippen LogP contribution in [0.4, 0.5) is 11.5 Å². The SMILES string of the molecule is COc1nc(-c2cccc(-c3cccc(Nc4nccc5nccnc45)c3C)c2Cl)ccc1CNC[C@@H]1CCC(=O)C1. The molecule has 0 aliphatic heterocycles. The highest BCUT2D eigenvalue weighted by Crippen LogP contribution is 2.40. The predicted molar refractivity (Wildman–Crippen MR) is 166 cm³/mol. The second-order valence-corrected chi connectivity index (χ2v) is 10.9. The quantitative estimate of drug-likeness (QED) is 0.194. The van der Waals surface area contributed by atoms with Crippen molar-refractivity contribution in [3.63, 3.8) is 0 Å². The average molecular weight is 579 g/mol. The maximum Gasteiger partial charge on any atom is 0.218 e. The van der Waals surface area contributed by atoms with Crippen LogP contribution in [0.2, 0.25) is 5.02 Å². The number of fused-ring (bicyclic) bond motifs is 1. The number of methoxy groups -OCH3 is 1. The number of pyridine rings is 2. The molecule has 0 radical (unpaired) electrons. The van der Waals surface area contributed by atoms with Gasteiger partial charge in [-0.05, 0) is 55.1 Å². The maximum absolute atomic E-state index is 11.6. The van der Waals surface area contributed by atoms with E-state index >= 15 is 0 Å². The lowest BCUT2D eigenvalue weighted by molar-refractivity contribution is -0.117. The Balaban J connectivity index is 1.26. The number of hydrogen-bond acceptors (Lipinski definition) is 8. The topological polar surface area (TPSA) is 102 Å². The Morgan fingerprint density at radius 3 is 2.60 bits per heavy atom. The molecule has 0 saturated heterocycles. The number of aromatic nitrogens is 4. The Morgan fingerprint density at radius 1 is 0.952 bits per heavy atom. The molecule has 42 heavy (non-hydrogen) atoms. The Labute approximate surface area is 249 Å². The predicted octanol–water partition coefficient (Wildman–Crippen LogP) is 6.93. The number of Topliss-reactive ketones (excluding diaryl/α,β-unsaturated/α-hetero) is 1. The van der Waals surface area contributed by atoms with Gasteiger partial charge in [0.25, 0.3) is 0 Å². The lowest BCUT2D eigenvalue weighted by Gasteiger charge is -2.17. The number of carbonyl (C=O) groups is 1. The molecule has 0 spiro atoms. The summed E-state index contributed by atoms with van der Waals surface area (Å²) in [6, 6.07) is 17.9. The van der Waals surface area contributed by atoms with Crippen LogP contribution in [0.15, 0.2) is 73.2 Å². The van der Waals surface area contributed by atoms with Gasteiger partial charge in [-0.3, -0.25) is 9.78 Å². The third-order valence-electron chi connectivity index (χ3n) is 7.77. The normalized spacial score (nSPS) is 14.8. The number of carbonyl (C=O) groups excluding carboxylic acids is 1. The molecule has 9 heteroatoms. The number of halogens is 1. The van der Waals surface area contributed by atoms with E-state index in [2.05, 4.69) is 38.6 Å². The summed E-state index contributed by atoms with van der Waals surface area (Å²) in [5.74, 6) is 1.96. The third kappa shape index (κ3) is 5.68. The van der Waals surface area contributed by atoms with E-state index in [0.29, 0.717) is 53.3 Å². The zero-order chi connectivity index (χ0) is 29.1. The van der Waals surface area contributed by atoms with Gasteiger partial charge in [-0.15, -0.1) is 0 Å². The molecule has 3 aromatic heterocycles. The second-order valence-electron chi connectivity index (χ2n) is 10.5. The van der Waals surface area contributed by atoms with Crippen molar-refractivity contribution in [2.45, 2.75) is 32.7 Å². The molecule has 0 bridgehead atoms. The molecule has 2 aromatic carbocycles. The monoisotopic (exact) mass is 578 g/mol. The zero-order valence-electron chi connectivity index (χ0n) is 23.5. The molecule has 1 saturated carbocycles. The van der Waals surface area contributed by atoms with Gasteiger partial charge in [0.2, 0.25) is 5.88 Å². The number of rotatable bonds is 9. The Kier molecular flexibility index (Phi) is 8.08. The lowest BCUT2D eigenvalue weighted by atomic mass is 9.96. The van der Waals surface area contributed by atoms with Crippen molar-refractivity contribution in [2.75, 3.05) is 19.0 Å². The highest BCUT2D eigenvalue weighted by Gasteiger charge is 2.22. The molecule has 1 fully saturated rings. The summed E-state index contributed by atoms with van der Waals surface area (Å²) in [6.45, 7) is 3.48. The molecule has 6 rings (SSSR count). The van der Waals surface area contributed by atoms with Crippen molar-refractivity contribution < 1.29 is 9.53 Å². The third-order valence-corrected chi connectivity index (χ3v) is 8.17. The van der Waals surface area contributed by atoms with E-state index in [1.54, 1.807) is 25.7 Å². The summed E-state index contributed by atoms with van der Waals surface area (Å²) in [7, 11) is 1.63. The van der Waals surface area contributed by atoms with Crippen LogP contribution in [0.1, 0.15) is 30.4 Å². The number of ketones is 1. The van der Waals surface area contributed by atoms with E-state index < -0.39 is 0 Å².